The number of nitrogen functional groups attached to an aromatic ring is 1. The van der Waals surface area contributed by atoms with E-state index in [1.54, 1.807) is 12.1 Å². The van der Waals surface area contributed by atoms with Gasteiger partial charge in [0.25, 0.3) is 0 Å². The molecule has 0 saturated carbocycles. The van der Waals surface area contributed by atoms with Crippen LogP contribution >= 0.6 is 27.3 Å². The van der Waals surface area contributed by atoms with Crippen LogP contribution in [0.3, 0.4) is 0 Å². The summed E-state index contributed by atoms with van der Waals surface area (Å²) in [6.45, 7) is 0. The Hall–Kier alpha value is -1.66. The Morgan fingerprint density at radius 3 is 2.79 bits per heavy atom. The fourth-order valence-electron chi connectivity index (χ4n) is 1.86. The number of anilines is 1. The number of rotatable bonds is 2. The molecular weight excluding hydrogens is 331 g/mol. The van der Waals surface area contributed by atoms with Gasteiger partial charge in [-0.25, -0.2) is 4.39 Å². The minimum absolute atomic E-state index is 0.183. The van der Waals surface area contributed by atoms with Crippen LogP contribution in [-0.4, -0.2) is 5.16 Å². The molecule has 0 spiro atoms. The third-order valence-electron chi connectivity index (χ3n) is 2.67. The summed E-state index contributed by atoms with van der Waals surface area (Å²) in [5.74, 6) is -0.140. The van der Waals surface area contributed by atoms with Gasteiger partial charge in [0.05, 0.1) is 9.35 Å². The Morgan fingerprint density at radius 1 is 1.26 bits per heavy atom. The van der Waals surface area contributed by atoms with Crippen LogP contribution in [0, 0.1) is 5.82 Å². The van der Waals surface area contributed by atoms with Crippen LogP contribution < -0.4 is 5.73 Å². The van der Waals surface area contributed by atoms with Gasteiger partial charge in [0.1, 0.15) is 11.5 Å². The molecule has 6 heteroatoms. The number of nitrogens with two attached hydrogens (primary N) is 1. The highest BCUT2D eigenvalue weighted by atomic mass is 79.9. The van der Waals surface area contributed by atoms with Gasteiger partial charge < -0.3 is 10.3 Å². The molecule has 2 N–H and O–H groups in total. The van der Waals surface area contributed by atoms with E-state index >= 15 is 0 Å². The minimum atomic E-state index is -0.324. The lowest BCUT2D eigenvalue weighted by molar-refractivity contribution is 0.439. The number of aromatic nitrogens is 1. The van der Waals surface area contributed by atoms with Crippen LogP contribution in [0.4, 0.5) is 10.3 Å². The van der Waals surface area contributed by atoms with Gasteiger partial charge in [-0.15, -0.1) is 11.3 Å². The van der Waals surface area contributed by atoms with Gasteiger partial charge in [-0.05, 0) is 39.7 Å². The number of thiophene rings is 1. The second-order valence-electron chi connectivity index (χ2n) is 3.92. The average Bonchev–Trinajstić information content (AvgIpc) is 2.95. The van der Waals surface area contributed by atoms with E-state index in [1.165, 1.54) is 23.5 Å². The Labute approximate surface area is 121 Å². The van der Waals surface area contributed by atoms with Crippen molar-refractivity contribution in [1.29, 1.82) is 0 Å². The molecule has 3 rings (SSSR count). The van der Waals surface area contributed by atoms with Crippen molar-refractivity contribution in [3.63, 3.8) is 0 Å². The van der Waals surface area contributed by atoms with Gasteiger partial charge in [-0.2, -0.15) is 0 Å². The van der Waals surface area contributed by atoms with Gasteiger partial charge in [0, 0.05) is 10.9 Å². The molecule has 0 aliphatic rings. The molecule has 0 amide bonds. The highest BCUT2D eigenvalue weighted by Gasteiger charge is 2.18. The zero-order valence-corrected chi connectivity index (χ0v) is 12.0. The molecule has 0 aliphatic carbocycles. The standard InChI is InChI=1S/C13H8BrFN2OS/c14-10-5-8(6-19-10)12-11(13(16)18-17-12)7-2-1-3-9(15)4-7/h1-6H,16H2. The van der Waals surface area contributed by atoms with Crippen LogP contribution in [0.15, 0.2) is 44.0 Å². The summed E-state index contributed by atoms with van der Waals surface area (Å²) in [6, 6.07) is 8.12. The lowest BCUT2D eigenvalue weighted by atomic mass is 10.0. The van der Waals surface area contributed by atoms with E-state index < -0.39 is 0 Å². The fraction of sp³-hybridized carbons (Fsp3) is 0. The summed E-state index contributed by atoms with van der Waals surface area (Å²) in [7, 11) is 0. The first kappa shape index (κ1) is 12.4. The Morgan fingerprint density at radius 2 is 2.11 bits per heavy atom. The molecule has 2 aromatic heterocycles. The maximum atomic E-state index is 13.3. The van der Waals surface area contributed by atoms with E-state index in [1.807, 2.05) is 11.4 Å². The largest absolute Gasteiger partial charge is 0.367 e. The predicted molar refractivity (Wildman–Crippen MR) is 77.3 cm³/mol. The quantitative estimate of drug-likeness (QED) is 0.745. The van der Waals surface area contributed by atoms with E-state index in [4.69, 9.17) is 10.3 Å². The zero-order valence-electron chi connectivity index (χ0n) is 9.56. The molecule has 2 heterocycles. The third-order valence-corrected chi connectivity index (χ3v) is 4.18. The molecule has 0 unspecified atom stereocenters. The number of halogens is 2. The number of hydrogen-bond donors (Lipinski definition) is 1. The molecular formula is C13H8BrFN2OS. The Bertz CT molecular complexity index is 738. The molecule has 3 aromatic rings. The van der Waals surface area contributed by atoms with Crippen LogP contribution in [-0.2, 0) is 0 Å². The van der Waals surface area contributed by atoms with E-state index in [0.29, 0.717) is 16.8 Å². The number of nitrogens with zero attached hydrogens (tertiary/aromatic N) is 1. The molecule has 0 bridgehead atoms. The van der Waals surface area contributed by atoms with Crippen LogP contribution in [0.1, 0.15) is 0 Å². The first-order valence-corrected chi connectivity index (χ1v) is 7.08. The normalized spacial score (nSPS) is 10.8. The third kappa shape index (κ3) is 2.29. The van der Waals surface area contributed by atoms with Crippen LogP contribution in [0.25, 0.3) is 22.4 Å². The van der Waals surface area contributed by atoms with Crippen molar-refractivity contribution in [3.05, 3.63) is 45.3 Å². The molecule has 96 valence electrons. The fourth-order valence-corrected chi connectivity index (χ4v) is 3.00. The lowest BCUT2D eigenvalue weighted by Gasteiger charge is -2.01. The highest BCUT2D eigenvalue weighted by Crippen LogP contribution is 2.38. The van der Waals surface area contributed by atoms with Crippen molar-refractivity contribution in [2.24, 2.45) is 0 Å². The van der Waals surface area contributed by atoms with Gasteiger partial charge in [-0.3, -0.25) is 0 Å². The van der Waals surface area contributed by atoms with E-state index in [-0.39, 0.29) is 11.7 Å². The second kappa shape index (κ2) is 4.79. The summed E-state index contributed by atoms with van der Waals surface area (Å²) in [5.41, 5.74) is 8.57. The van der Waals surface area contributed by atoms with Crippen molar-refractivity contribution in [1.82, 2.24) is 5.16 Å². The second-order valence-corrected chi connectivity index (χ2v) is 6.21. The Kier molecular flexibility index (Phi) is 3.12. The van der Waals surface area contributed by atoms with Crippen LogP contribution in [0.5, 0.6) is 0 Å². The first-order valence-electron chi connectivity index (χ1n) is 5.40. The SMILES string of the molecule is Nc1onc(-c2csc(Br)c2)c1-c1cccc(F)c1. The van der Waals surface area contributed by atoms with Gasteiger partial charge >= 0.3 is 0 Å². The first-order chi connectivity index (χ1) is 9.15. The average molecular weight is 339 g/mol. The van der Waals surface area contributed by atoms with Crippen molar-refractivity contribution in [2.75, 3.05) is 5.73 Å². The van der Waals surface area contributed by atoms with Crippen molar-refractivity contribution in [3.8, 4) is 22.4 Å². The summed E-state index contributed by atoms with van der Waals surface area (Å²) >= 11 is 4.93. The van der Waals surface area contributed by atoms with Crippen LogP contribution in [0.2, 0.25) is 0 Å². The maximum absolute atomic E-state index is 13.3. The van der Waals surface area contributed by atoms with Gasteiger partial charge in [-0.1, -0.05) is 17.3 Å². The summed E-state index contributed by atoms with van der Waals surface area (Å²) < 4.78 is 19.4. The van der Waals surface area contributed by atoms with E-state index in [0.717, 1.165) is 9.35 Å². The highest BCUT2D eigenvalue weighted by molar-refractivity contribution is 9.11. The smallest absolute Gasteiger partial charge is 0.230 e. The summed E-state index contributed by atoms with van der Waals surface area (Å²) in [4.78, 5) is 0. The summed E-state index contributed by atoms with van der Waals surface area (Å²) in [5, 5.41) is 5.90. The van der Waals surface area contributed by atoms with Gasteiger partial charge in [0.15, 0.2) is 0 Å². The Balaban J connectivity index is 2.19. The predicted octanol–water partition coefficient (Wildman–Crippen LogP) is 4.55. The van der Waals surface area contributed by atoms with Crippen molar-refractivity contribution < 1.29 is 8.91 Å². The number of benzene rings is 1. The van der Waals surface area contributed by atoms with Gasteiger partial charge in [0.2, 0.25) is 5.88 Å². The van der Waals surface area contributed by atoms with Crippen molar-refractivity contribution in [2.45, 2.75) is 0 Å². The van der Waals surface area contributed by atoms with E-state index in [2.05, 4.69) is 21.1 Å². The minimum Gasteiger partial charge on any atom is -0.367 e. The summed E-state index contributed by atoms with van der Waals surface area (Å²) in [6.07, 6.45) is 0. The topological polar surface area (TPSA) is 52.0 Å². The molecule has 0 saturated heterocycles. The molecule has 19 heavy (non-hydrogen) atoms. The van der Waals surface area contributed by atoms with Crippen molar-refractivity contribution >= 4 is 33.2 Å². The monoisotopic (exact) mass is 338 g/mol. The van der Waals surface area contributed by atoms with E-state index in [9.17, 15) is 4.39 Å². The lowest BCUT2D eigenvalue weighted by Crippen LogP contribution is -1.87. The maximum Gasteiger partial charge on any atom is 0.230 e. The number of hydrogen-bond acceptors (Lipinski definition) is 4. The molecule has 0 aliphatic heterocycles. The zero-order chi connectivity index (χ0) is 13.4. The molecule has 3 nitrogen and oxygen atoms in total. The molecule has 0 fully saturated rings. The molecule has 0 radical (unpaired) electrons. The molecule has 1 aromatic carbocycles. The molecule has 0 atom stereocenters.